The predicted molar refractivity (Wildman–Crippen MR) is 140 cm³/mol. The largest absolute Gasteiger partial charge is 0.490 e. The first-order valence-corrected chi connectivity index (χ1v) is 12.8. The number of hydrogen-bond acceptors (Lipinski definition) is 5. The van der Waals surface area contributed by atoms with Gasteiger partial charge in [0, 0.05) is 16.7 Å². The molecule has 0 atom stereocenters. The van der Waals surface area contributed by atoms with Gasteiger partial charge in [0.1, 0.15) is 18.2 Å². The maximum atomic E-state index is 13.5. The molecule has 0 bridgehead atoms. The second-order valence-electron chi connectivity index (χ2n) is 8.72. The van der Waals surface area contributed by atoms with Crippen molar-refractivity contribution in [3.8, 4) is 16.9 Å². The number of amides is 1. The lowest BCUT2D eigenvalue weighted by Crippen LogP contribution is -2.37. The van der Waals surface area contributed by atoms with Crippen LogP contribution in [0.25, 0.3) is 21.9 Å². The average Bonchev–Trinajstić information content (AvgIpc) is 2.86. The summed E-state index contributed by atoms with van der Waals surface area (Å²) in [5.74, 6) is 0.251. The van der Waals surface area contributed by atoms with Crippen LogP contribution in [0.15, 0.2) is 77.7 Å². The molecule has 1 heterocycles. The molecule has 0 aromatic heterocycles. The van der Waals surface area contributed by atoms with Crippen molar-refractivity contribution in [3.05, 3.63) is 89.5 Å². The summed E-state index contributed by atoms with van der Waals surface area (Å²) in [6.07, 6.45) is 0. The summed E-state index contributed by atoms with van der Waals surface area (Å²) in [5, 5.41) is 14.9. The summed E-state index contributed by atoms with van der Waals surface area (Å²) < 4.78 is 30.2. The van der Waals surface area contributed by atoms with Crippen molar-refractivity contribution >= 4 is 38.2 Å². The summed E-state index contributed by atoms with van der Waals surface area (Å²) in [4.78, 5) is 15.2. The van der Waals surface area contributed by atoms with Gasteiger partial charge in [0.2, 0.25) is 10.0 Å². The number of nitrogen functional groups attached to an aromatic ring is 1. The number of nitrogens with one attached hydrogen (secondary N) is 1. The zero-order valence-electron chi connectivity index (χ0n) is 19.5. The van der Waals surface area contributed by atoms with Crippen molar-refractivity contribution in [1.82, 2.24) is 0 Å². The molecule has 9 heteroatoms. The fraction of sp³-hybridized carbons (Fsp3) is 0.111. The molecule has 0 fully saturated rings. The molecule has 0 aliphatic carbocycles. The zero-order chi connectivity index (χ0) is 25.6. The third kappa shape index (κ3) is 4.30. The minimum atomic E-state index is -3.94. The Morgan fingerprint density at radius 3 is 2.39 bits per heavy atom. The number of hydrogen-bond donors (Lipinski definition) is 3. The Kier molecular flexibility index (Phi) is 5.74. The van der Waals surface area contributed by atoms with Gasteiger partial charge in [0.05, 0.1) is 17.1 Å². The molecule has 8 nitrogen and oxygen atoms in total. The Morgan fingerprint density at radius 2 is 1.67 bits per heavy atom. The van der Waals surface area contributed by atoms with Gasteiger partial charge in [-0.1, -0.05) is 36.4 Å². The molecule has 5 rings (SSSR count). The van der Waals surface area contributed by atoms with Gasteiger partial charge in [-0.05, 0) is 65.2 Å². The molecule has 0 radical (unpaired) electrons. The fourth-order valence-electron chi connectivity index (χ4n) is 4.41. The van der Waals surface area contributed by atoms with E-state index >= 15 is 0 Å². The number of carbonyl (C=O) groups is 1. The van der Waals surface area contributed by atoms with Crippen molar-refractivity contribution in [3.63, 3.8) is 0 Å². The molecule has 1 aliphatic heterocycles. The molecule has 0 saturated carbocycles. The van der Waals surface area contributed by atoms with Crippen LogP contribution < -0.4 is 20.5 Å². The molecule has 182 valence electrons. The smallest absolute Gasteiger partial charge is 0.258 e. The maximum Gasteiger partial charge on any atom is 0.258 e. The van der Waals surface area contributed by atoms with E-state index in [1.807, 2.05) is 18.2 Å². The highest BCUT2D eigenvalue weighted by Gasteiger charge is 2.26. The number of sulfonamides is 1. The van der Waals surface area contributed by atoms with Gasteiger partial charge in [-0.3, -0.25) is 10.2 Å². The molecule has 4 aromatic rings. The van der Waals surface area contributed by atoms with Crippen molar-refractivity contribution in [2.75, 3.05) is 18.1 Å². The van der Waals surface area contributed by atoms with Crippen LogP contribution in [-0.2, 0) is 10.0 Å². The first kappa shape index (κ1) is 23.5. The van der Waals surface area contributed by atoms with Crippen LogP contribution in [0.2, 0.25) is 0 Å². The van der Waals surface area contributed by atoms with Gasteiger partial charge in [-0.15, -0.1) is 0 Å². The molecule has 0 spiro atoms. The van der Waals surface area contributed by atoms with E-state index in [1.165, 1.54) is 6.07 Å². The maximum absolute atomic E-state index is 13.5. The third-order valence-electron chi connectivity index (χ3n) is 6.22. The number of nitrogens with two attached hydrogens (primary N) is 2. The SMILES string of the molecule is Cc1ccc(-c2ccc3c(c2)OCCN3C(=O)c2ccc3ccc(C(=N)N)cc3c2)c(S(N)(=O)=O)c1. The van der Waals surface area contributed by atoms with E-state index in [4.69, 9.17) is 21.0 Å². The Morgan fingerprint density at radius 1 is 0.944 bits per heavy atom. The summed E-state index contributed by atoms with van der Waals surface area (Å²) in [6.45, 7) is 2.45. The number of nitrogens with zero attached hydrogens (tertiary/aromatic N) is 1. The molecular weight excluding hydrogens is 476 g/mol. The average molecular weight is 501 g/mol. The number of fused-ring (bicyclic) bond motifs is 2. The van der Waals surface area contributed by atoms with Crippen LogP contribution in [0.1, 0.15) is 21.5 Å². The van der Waals surface area contributed by atoms with Gasteiger partial charge < -0.3 is 15.4 Å². The first-order chi connectivity index (χ1) is 17.1. The number of amidine groups is 1. The Balaban J connectivity index is 1.52. The van der Waals surface area contributed by atoms with Crippen LogP contribution in [0, 0.1) is 12.3 Å². The molecular formula is C27H24N4O4S. The van der Waals surface area contributed by atoms with Crippen LogP contribution in [0.3, 0.4) is 0 Å². The number of primary sulfonamides is 1. The van der Waals surface area contributed by atoms with E-state index in [1.54, 1.807) is 60.4 Å². The van der Waals surface area contributed by atoms with Crippen molar-refractivity contribution in [1.29, 1.82) is 5.41 Å². The van der Waals surface area contributed by atoms with Crippen LogP contribution in [-0.4, -0.2) is 33.3 Å². The Hall–Kier alpha value is -4.21. The summed E-state index contributed by atoms with van der Waals surface area (Å²) in [6, 6.07) is 21.2. The van der Waals surface area contributed by atoms with Gasteiger partial charge in [0.15, 0.2) is 0 Å². The molecule has 1 aliphatic rings. The minimum absolute atomic E-state index is 0.0345. The fourth-order valence-corrected chi connectivity index (χ4v) is 5.25. The van der Waals surface area contributed by atoms with E-state index in [2.05, 4.69) is 0 Å². The van der Waals surface area contributed by atoms with Crippen molar-refractivity contribution in [2.24, 2.45) is 10.9 Å². The standard InChI is InChI=1S/C27H24N4O4S/c1-16-2-8-22(25(12-16)36(30,33)34)18-7-9-23-24(15-18)35-11-10-31(23)27(32)20-6-4-17-3-5-19(26(28)29)13-21(17)14-20/h2-9,12-15H,10-11H2,1H3,(H3,28,29)(H2,30,33,34). The lowest BCUT2D eigenvalue weighted by Gasteiger charge is -2.30. The minimum Gasteiger partial charge on any atom is -0.490 e. The topological polar surface area (TPSA) is 140 Å². The van der Waals surface area contributed by atoms with E-state index in [0.29, 0.717) is 46.8 Å². The summed E-state index contributed by atoms with van der Waals surface area (Å²) in [5.41, 5.74) is 9.16. The zero-order valence-corrected chi connectivity index (χ0v) is 20.3. The van der Waals surface area contributed by atoms with E-state index in [9.17, 15) is 13.2 Å². The summed E-state index contributed by atoms with van der Waals surface area (Å²) >= 11 is 0. The second-order valence-corrected chi connectivity index (χ2v) is 10.3. The van der Waals surface area contributed by atoms with Gasteiger partial charge in [-0.25, -0.2) is 13.6 Å². The lowest BCUT2D eigenvalue weighted by molar-refractivity contribution is 0.0976. The number of anilines is 1. The predicted octanol–water partition coefficient (Wildman–Crippen LogP) is 3.79. The van der Waals surface area contributed by atoms with Crippen molar-refractivity contribution < 1.29 is 17.9 Å². The van der Waals surface area contributed by atoms with Gasteiger partial charge in [-0.2, -0.15) is 0 Å². The van der Waals surface area contributed by atoms with Crippen LogP contribution in [0.5, 0.6) is 5.75 Å². The quantitative estimate of drug-likeness (QED) is 0.289. The number of benzene rings is 4. The summed E-state index contributed by atoms with van der Waals surface area (Å²) in [7, 11) is -3.94. The monoisotopic (exact) mass is 500 g/mol. The van der Waals surface area contributed by atoms with Gasteiger partial charge in [0.25, 0.3) is 5.91 Å². The number of aryl methyl sites for hydroxylation is 1. The van der Waals surface area contributed by atoms with Crippen LogP contribution >= 0.6 is 0 Å². The van der Waals surface area contributed by atoms with Crippen molar-refractivity contribution in [2.45, 2.75) is 11.8 Å². The Bertz CT molecular complexity index is 1660. The van der Waals surface area contributed by atoms with E-state index in [-0.39, 0.29) is 16.6 Å². The molecule has 1 amide bonds. The number of rotatable bonds is 4. The highest BCUT2D eigenvalue weighted by molar-refractivity contribution is 7.89. The Labute approximate surface area is 208 Å². The highest BCUT2D eigenvalue weighted by atomic mass is 32.2. The number of carbonyl (C=O) groups excluding carboxylic acids is 1. The molecule has 4 aromatic carbocycles. The normalized spacial score (nSPS) is 13.2. The van der Waals surface area contributed by atoms with Gasteiger partial charge >= 0.3 is 0 Å². The van der Waals surface area contributed by atoms with Crippen LogP contribution in [0.4, 0.5) is 5.69 Å². The lowest BCUT2D eigenvalue weighted by atomic mass is 10.0. The molecule has 36 heavy (non-hydrogen) atoms. The molecule has 0 saturated heterocycles. The van der Waals surface area contributed by atoms with E-state index < -0.39 is 10.0 Å². The second kappa shape index (κ2) is 8.78. The third-order valence-corrected chi connectivity index (χ3v) is 7.17. The molecule has 0 unspecified atom stereocenters. The first-order valence-electron chi connectivity index (χ1n) is 11.2. The molecule has 5 N–H and O–H groups in total. The van der Waals surface area contributed by atoms with E-state index in [0.717, 1.165) is 16.3 Å². The highest BCUT2D eigenvalue weighted by Crippen LogP contribution is 2.38. The number of ether oxygens (including phenoxy) is 1.